The van der Waals surface area contributed by atoms with E-state index in [2.05, 4.69) is 61.3 Å². The Balaban J connectivity index is 1.95. The van der Waals surface area contributed by atoms with Crippen LogP contribution in [0.15, 0.2) is 42.5 Å². The summed E-state index contributed by atoms with van der Waals surface area (Å²) in [6.07, 6.45) is 6.50. The zero-order valence-corrected chi connectivity index (χ0v) is 16.7. The van der Waals surface area contributed by atoms with Crippen molar-refractivity contribution in [3.05, 3.63) is 53.6 Å². The van der Waals surface area contributed by atoms with E-state index in [1.807, 2.05) is 0 Å². The summed E-state index contributed by atoms with van der Waals surface area (Å²) in [4.78, 5) is 3.73. The standard InChI is InChI=1S/C24H32N2O/c1-3-5-17-27-20-14-12-19(13-15-20)24-21(10-6-7-16-25)22-11-8-9-18(4-2)23(22)26-24/h8-9,11-15,26H,3-7,10,16-17,25H2,1-2H3. The van der Waals surface area contributed by atoms with E-state index in [-0.39, 0.29) is 0 Å². The number of para-hydroxylation sites is 1. The van der Waals surface area contributed by atoms with E-state index in [4.69, 9.17) is 10.5 Å². The van der Waals surface area contributed by atoms with Gasteiger partial charge >= 0.3 is 0 Å². The highest BCUT2D eigenvalue weighted by Gasteiger charge is 2.14. The predicted molar refractivity (Wildman–Crippen MR) is 116 cm³/mol. The summed E-state index contributed by atoms with van der Waals surface area (Å²) in [5.74, 6) is 0.947. The Hall–Kier alpha value is -2.26. The lowest BCUT2D eigenvalue weighted by molar-refractivity contribution is 0.309. The van der Waals surface area contributed by atoms with Crippen molar-refractivity contribution in [1.29, 1.82) is 0 Å². The first-order valence-electron chi connectivity index (χ1n) is 10.3. The summed E-state index contributed by atoms with van der Waals surface area (Å²) in [5, 5.41) is 1.35. The SMILES string of the molecule is CCCCOc1ccc(-c2[nH]c3c(CC)cccc3c2CCCCN)cc1. The third kappa shape index (κ3) is 4.54. The van der Waals surface area contributed by atoms with E-state index in [1.165, 1.54) is 33.3 Å². The number of H-pyrrole nitrogens is 1. The van der Waals surface area contributed by atoms with Crippen LogP contribution in [-0.4, -0.2) is 18.1 Å². The fraction of sp³-hybridized carbons (Fsp3) is 0.417. The van der Waals surface area contributed by atoms with E-state index in [9.17, 15) is 0 Å². The second-order valence-electron chi connectivity index (χ2n) is 7.14. The van der Waals surface area contributed by atoms with Gasteiger partial charge in [-0.15, -0.1) is 0 Å². The molecular formula is C24H32N2O. The Morgan fingerprint density at radius 3 is 2.48 bits per heavy atom. The number of nitrogens with two attached hydrogens (primary N) is 1. The first kappa shape index (κ1) is 19.5. The molecule has 0 fully saturated rings. The molecule has 2 aromatic carbocycles. The lowest BCUT2D eigenvalue weighted by atomic mass is 9.99. The number of hydrogen-bond acceptors (Lipinski definition) is 2. The van der Waals surface area contributed by atoms with Crippen molar-refractivity contribution in [3.8, 4) is 17.0 Å². The number of aryl methyl sites for hydroxylation is 2. The van der Waals surface area contributed by atoms with Gasteiger partial charge in [0, 0.05) is 16.6 Å². The van der Waals surface area contributed by atoms with Gasteiger partial charge in [0.25, 0.3) is 0 Å². The minimum atomic E-state index is 0.752. The van der Waals surface area contributed by atoms with Gasteiger partial charge in [-0.1, -0.05) is 38.5 Å². The van der Waals surface area contributed by atoms with Crippen molar-refractivity contribution in [2.75, 3.05) is 13.2 Å². The molecular weight excluding hydrogens is 332 g/mol. The molecule has 0 spiro atoms. The number of aromatic nitrogens is 1. The Bertz CT molecular complexity index is 849. The monoisotopic (exact) mass is 364 g/mol. The van der Waals surface area contributed by atoms with Crippen molar-refractivity contribution in [2.45, 2.75) is 52.4 Å². The molecule has 3 nitrogen and oxygen atoms in total. The summed E-state index contributed by atoms with van der Waals surface area (Å²) in [5.41, 5.74) is 12.2. The number of nitrogens with one attached hydrogen (secondary N) is 1. The average Bonchev–Trinajstić information content (AvgIpc) is 3.08. The lowest BCUT2D eigenvalue weighted by Crippen LogP contribution is -1.99. The van der Waals surface area contributed by atoms with Crippen molar-refractivity contribution < 1.29 is 4.74 Å². The Morgan fingerprint density at radius 2 is 1.78 bits per heavy atom. The van der Waals surface area contributed by atoms with Crippen LogP contribution >= 0.6 is 0 Å². The molecule has 0 aliphatic rings. The molecule has 3 aromatic rings. The number of ether oxygens (including phenoxy) is 1. The molecule has 144 valence electrons. The van der Waals surface area contributed by atoms with Gasteiger partial charge in [0.2, 0.25) is 0 Å². The zero-order valence-electron chi connectivity index (χ0n) is 16.7. The maximum Gasteiger partial charge on any atom is 0.119 e. The summed E-state index contributed by atoms with van der Waals surface area (Å²) in [6.45, 7) is 5.93. The lowest BCUT2D eigenvalue weighted by Gasteiger charge is -2.08. The molecule has 0 saturated heterocycles. The molecule has 3 N–H and O–H groups in total. The molecule has 0 saturated carbocycles. The van der Waals surface area contributed by atoms with E-state index >= 15 is 0 Å². The van der Waals surface area contributed by atoms with Gasteiger partial charge in [-0.25, -0.2) is 0 Å². The summed E-state index contributed by atoms with van der Waals surface area (Å²) in [7, 11) is 0. The van der Waals surface area contributed by atoms with Crippen LogP contribution in [0.25, 0.3) is 22.2 Å². The first-order valence-corrected chi connectivity index (χ1v) is 10.3. The zero-order chi connectivity index (χ0) is 19.1. The number of aromatic amines is 1. The minimum absolute atomic E-state index is 0.752. The van der Waals surface area contributed by atoms with Gasteiger partial charge in [-0.3, -0.25) is 0 Å². The Kier molecular flexibility index (Phi) is 6.94. The van der Waals surface area contributed by atoms with Crippen LogP contribution in [0.4, 0.5) is 0 Å². The normalized spacial score (nSPS) is 11.2. The van der Waals surface area contributed by atoms with Gasteiger partial charge in [-0.05, 0) is 79.6 Å². The van der Waals surface area contributed by atoms with Gasteiger partial charge in [0.1, 0.15) is 5.75 Å². The molecule has 0 amide bonds. The fourth-order valence-electron chi connectivity index (χ4n) is 3.63. The maximum atomic E-state index is 5.82. The Labute approximate surface area is 162 Å². The summed E-state index contributed by atoms with van der Waals surface area (Å²) in [6, 6.07) is 15.2. The van der Waals surface area contributed by atoms with Crippen molar-refractivity contribution in [1.82, 2.24) is 4.98 Å². The minimum Gasteiger partial charge on any atom is -0.494 e. The number of fused-ring (bicyclic) bond motifs is 1. The second kappa shape index (κ2) is 9.61. The summed E-state index contributed by atoms with van der Waals surface area (Å²) >= 11 is 0. The van der Waals surface area contributed by atoms with E-state index in [1.54, 1.807) is 0 Å². The number of hydrogen-bond donors (Lipinski definition) is 2. The molecule has 0 aliphatic heterocycles. The molecule has 27 heavy (non-hydrogen) atoms. The third-order valence-corrected chi connectivity index (χ3v) is 5.20. The van der Waals surface area contributed by atoms with Crippen LogP contribution in [0.5, 0.6) is 5.75 Å². The summed E-state index contributed by atoms with van der Waals surface area (Å²) < 4.78 is 5.82. The van der Waals surface area contributed by atoms with Crippen LogP contribution in [0, 0.1) is 0 Å². The number of rotatable bonds is 10. The van der Waals surface area contributed by atoms with E-state index in [0.29, 0.717) is 0 Å². The van der Waals surface area contributed by atoms with Crippen LogP contribution in [-0.2, 0) is 12.8 Å². The average molecular weight is 365 g/mol. The highest BCUT2D eigenvalue weighted by Crippen LogP contribution is 2.34. The molecule has 0 bridgehead atoms. The van der Waals surface area contributed by atoms with Gasteiger partial charge in [0.15, 0.2) is 0 Å². The van der Waals surface area contributed by atoms with Crippen molar-refractivity contribution >= 4 is 10.9 Å². The second-order valence-corrected chi connectivity index (χ2v) is 7.14. The Morgan fingerprint density at radius 1 is 0.963 bits per heavy atom. The number of benzene rings is 2. The first-order chi connectivity index (χ1) is 13.3. The molecule has 0 atom stereocenters. The van der Waals surface area contributed by atoms with Gasteiger partial charge < -0.3 is 15.5 Å². The van der Waals surface area contributed by atoms with Crippen LogP contribution in [0.2, 0.25) is 0 Å². The molecule has 3 rings (SSSR count). The largest absolute Gasteiger partial charge is 0.494 e. The topological polar surface area (TPSA) is 51.0 Å². The molecule has 3 heteroatoms. The molecule has 0 unspecified atom stereocenters. The van der Waals surface area contributed by atoms with Crippen molar-refractivity contribution in [3.63, 3.8) is 0 Å². The van der Waals surface area contributed by atoms with E-state index < -0.39 is 0 Å². The van der Waals surface area contributed by atoms with E-state index in [0.717, 1.165) is 57.4 Å². The predicted octanol–water partition coefficient (Wildman–Crippen LogP) is 5.86. The van der Waals surface area contributed by atoms with Gasteiger partial charge in [-0.2, -0.15) is 0 Å². The highest BCUT2D eigenvalue weighted by molar-refractivity contribution is 5.92. The van der Waals surface area contributed by atoms with Crippen LogP contribution < -0.4 is 10.5 Å². The highest BCUT2D eigenvalue weighted by atomic mass is 16.5. The fourth-order valence-corrected chi connectivity index (χ4v) is 3.63. The molecule has 0 aliphatic carbocycles. The van der Waals surface area contributed by atoms with Crippen LogP contribution in [0.3, 0.4) is 0 Å². The quantitative estimate of drug-likeness (QED) is 0.443. The third-order valence-electron chi connectivity index (χ3n) is 5.20. The molecule has 1 heterocycles. The maximum absolute atomic E-state index is 5.82. The molecule has 0 radical (unpaired) electrons. The van der Waals surface area contributed by atoms with Gasteiger partial charge in [0.05, 0.1) is 6.61 Å². The van der Waals surface area contributed by atoms with Crippen molar-refractivity contribution in [2.24, 2.45) is 5.73 Å². The number of unbranched alkanes of at least 4 members (excludes halogenated alkanes) is 2. The molecule has 1 aromatic heterocycles. The van der Waals surface area contributed by atoms with Crippen LogP contribution in [0.1, 0.15) is 50.7 Å². The smallest absolute Gasteiger partial charge is 0.119 e.